The smallest absolute Gasteiger partial charge is 0.263 e. The molecule has 108 valence electrons. The summed E-state index contributed by atoms with van der Waals surface area (Å²) in [7, 11) is -3.69. The first kappa shape index (κ1) is 15.8. The van der Waals surface area contributed by atoms with Gasteiger partial charge in [0.25, 0.3) is 10.0 Å². The molecule has 0 amide bonds. The lowest BCUT2D eigenvalue weighted by atomic mass is 10.3. The highest BCUT2D eigenvalue weighted by molar-refractivity contribution is 9.10. The van der Waals surface area contributed by atoms with E-state index in [0.717, 1.165) is 0 Å². The van der Waals surface area contributed by atoms with Crippen LogP contribution in [0.4, 0.5) is 5.69 Å². The van der Waals surface area contributed by atoms with Crippen LogP contribution in [0.25, 0.3) is 0 Å². The summed E-state index contributed by atoms with van der Waals surface area (Å²) in [6, 6.07) is 6.28. The average molecular weight is 397 g/mol. The fourth-order valence-corrected chi connectivity index (χ4v) is 4.61. The van der Waals surface area contributed by atoms with Crippen molar-refractivity contribution in [3.05, 3.63) is 43.5 Å². The minimum absolute atomic E-state index is 0.172. The van der Waals surface area contributed by atoms with Crippen molar-refractivity contribution in [2.45, 2.75) is 18.4 Å². The largest absolute Gasteiger partial charge is 0.391 e. The molecule has 0 spiro atoms. The first-order valence-corrected chi connectivity index (χ1v) is 8.98. The Morgan fingerprint density at radius 2 is 2.10 bits per heavy atom. The van der Waals surface area contributed by atoms with Gasteiger partial charge in [-0.15, -0.1) is 11.3 Å². The van der Waals surface area contributed by atoms with Gasteiger partial charge >= 0.3 is 0 Å². The quantitative estimate of drug-likeness (QED) is 0.827. The summed E-state index contributed by atoms with van der Waals surface area (Å²) in [4.78, 5) is 1.41. The van der Waals surface area contributed by atoms with Gasteiger partial charge in [0, 0.05) is 14.2 Å². The van der Waals surface area contributed by atoms with Gasteiger partial charge in [-0.2, -0.15) is 0 Å². The highest BCUT2D eigenvalue weighted by Gasteiger charge is 2.20. The Morgan fingerprint density at radius 1 is 1.40 bits per heavy atom. The Balaban J connectivity index is 2.35. The summed E-state index contributed by atoms with van der Waals surface area (Å²) in [6.07, 6.45) is 0. The van der Waals surface area contributed by atoms with E-state index in [9.17, 15) is 8.42 Å². The summed E-state index contributed by atoms with van der Waals surface area (Å²) in [5.74, 6) is 0. The predicted octanol–water partition coefficient (Wildman–Crippen LogP) is 3.77. The Bertz CT molecular complexity index is 743. The van der Waals surface area contributed by atoms with Gasteiger partial charge in [0.05, 0.1) is 17.3 Å². The monoisotopic (exact) mass is 395 g/mol. The Hall–Kier alpha value is -0.600. The SMILES string of the molecule is Cc1sc(CO)cc1S(=O)(=O)Nc1ccc(Br)c(Cl)c1. The molecular formula is C12H11BrClNO3S2. The third kappa shape index (κ3) is 3.35. The van der Waals surface area contributed by atoms with Gasteiger partial charge in [0.1, 0.15) is 4.90 Å². The van der Waals surface area contributed by atoms with Crippen LogP contribution in [0.15, 0.2) is 33.6 Å². The predicted molar refractivity (Wildman–Crippen MR) is 84.9 cm³/mol. The number of benzene rings is 1. The lowest BCUT2D eigenvalue weighted by Gasteiger charge is -2.08. The van der Waals surface area contributed by atoms with Gasteiger partial charge < -0.3 is 5.11 Å². The van der Waals surface area contributed by atoms with Crippen molar-refractivity contribution in [3.8, 4) is 0 Å². The van der Waals surface area contributed by atoms with E-state index in [1.165, 1.54) is 23.5 Å². The molecule has 20 heavy (non-hydrogen) atoms. The van der Waals surface area contributed by atoms with E-state index in [4.69, 9.17) is 16.7 Å². The third-order valence-corrected chi connectivity index (χ3v) is 6.44. The van der Waals surface area contributed by atoms with Crippen LogP contribution in [0, 0.1) is 6.92 Å². The topological polar surface area (TPSA) is 66.4 Å². The van der Waals surface area contributed by atoms with Crippen LogP contribution in [0.1, 0.15) is 9.75 Å². The molecule has 0 unspecified atom stereocenters. The molecule has 0 bridgehead atoms. The first-order chi connectivity index (χ1) is 9.33. The number of anilines is 1. The van der Waals surface area contributed by atoms with Gasteiger partial charge in [-0.1, -0.05) is 11.6 Å². The number of hydrogen-bond donors (Lipinski definition) is 2. The van der Waals surface area contributed by atoms with Gasteiger partial charge in [-0.3, -0.25) is 4.72 Å². The first-order valence-electron chi connectivity index (χ1n) is 5.51. The Morgan fingerprint density at radius 3 is 2.65 bits per heavy atom. The van der Waals surface area contributed by atoms with Gasteiger partial charge in [0.15, 0.2) is 0 Å². The Labute approximate surface area is 134 Å². The van der Waals surface area contributed by atoms with Gasteiger partial charge in [-0.05, 0) is 47.1 Å². The highest BCUT2D eigenvalue weighted by atomic mass is 79.9. The Kier molecular flexibility index (Phi) is 4.76. The summed E-state index contributed by atoms with van der Waals surface area (Å²) >= 11 is 10.4. The molecule has 0 aliphatic carbocycles. The van der Waals surface area contributed by atoms with Gasteiger partial charge in [-0.25, -0.2) is 8.42 Å². The normalized spacial score (nSPS) is 11.6. The summed E-state index contributed by atoms with van der Waals surface area (Å²) in [5, 5.41) is 9.49. The maximum Gasteiger partial charge on any atom is 0.263 e. The number of rotatable bonds is 4. The molecule has 8 heteroatoms. The molecule has 1 heterocycles. The minimum Gasteiger partial charge on any atom is -0.391 e. The number of aliphatic hydroxyl groups excluding tert-OH is 1. The van der Waals surface area contributed by atoms with Crippen molar-refractivity contribution in [2.75, 3.05) is 4.72 Å². The number of sulfonamides is 1. The van der Waals surface area contributed by atoms with E-state index >= 15 is 0 Å². The second-order valence-corrected chi connectivity index (χ2v) is 8.28. The van der Waals surface area contributed by atoms with E-state index in [1.807, 2.05) is 0 Å². The molecule has 2 N–H and O–H groups in total. The molecule has 4 nitrogen and oxygen atoms in total. The molecule has 0 saturated heterocycles. The van der Waals surface area contributed by atoms with E-state index in [0.29, 0.717) is 24.9 Å². The molecule has 0 aliphatic heterocycles. The summed E-state index contributed by atoms with van der Waals surface area (Å²) in [6.45, 7) is 1.53. The molecule has 1 aromatic heterocycles. The van der Waals surface area contributed by atoms with E-state index < -0.39 is 10.0 Å². The van der Waals surface area contributed by atoms with E-state index in [2.05, 4.69) is 20.7 Å². The third-order valence-electron chi connectivity index (χ3n) is 2.54. The van der Waals surface area contributed by atoms with Crippen LogP contribution < -0.4 is 4.72 Å². The molecule has 0 atom stereocenters. The van der Waals surface area contributed by atoms with Crippen LogP contribution >= 0.6 is 38.9 Å². The number of nitrogens with one attached hydrogen (secondary N) is 1. The molecule has 2 rings (SSSR count). The number of thiophene rings is 1. The zero-order valence-corrected chi connectivity index (χ0v) is 14.3. The maximum atomic E-state index is 12.3. The number of aryl methyl sites for hydroxylation is 1. The molecule has 0 saturated carbocycles. The second-order valence-electron chi connectivity index (χ2n) is 4.03. The van der Waals surface area contributed by atoms with Crippen molar-refractivity contribution in [2.24, 2.45) is 0 Å². The molecule has 0 radical (unpaired) electrons. The van der Waals surface area contributed by atoms with Crippen molar-refractivity contribution in [1.29, 1.82) is 0 Å². The standard InChI is InChI=1S/C12H11BrClNO3S2/c1-7-12(5-9(6-16)19-7)20(17,18)15-8-2-3-10(13)11(14)4-8/h2-5,15-16H,6H2,1H3. The molecule has 0 fully saturated rings. The molecule has 1 aromatic carbocycles. The second kappa shape index (κ2) is 6.03. The molecular weight excluding hydrogens is 386 g/mol. The number of halogens is 2. The zero-order valence-electron chi connectivity index (χ0n) is 10.4. The van der Waals surface area contributed by atoms with Crippen molar-refractivity contribution in [3.63, 3.8) is 0 Å². The highest BCUT2D eigenvalue weighted by Crippen LogP contribution is 2.30. The van der Waals surface area contributed by atoms with Crippen molar-refractivity contribution < 1.29 is 13.5 Å². The molecule has 2 aromatic rings. The van der Waals surface area contributed by atoms with Gasteiger partial charge in [0.2, 0.25) is 0 Å². The van der Waals surface area contributed by atoms with Crippen LogP contribution in [0.5, 0.6) is 0 Å². The van der Waals surface area contributed by atoms with E-state index in [1.54, 1.807) is 19.1 Å². The molecule has 0 aliphatic rings. The van der Waals surface area contributed by atoms with Crippen molar-refractivity contribution >= 4 is 54.6 Å². The minimum atomic E-state index is -3.69. The summed E-state index contributed by atoms with van der Waals surface area (Å²) < 4.78 is 27.8. The van der Waals surface area contributed by atoms with Crippen molar-refractivity contribution in [1.82, 2.24) is 0 Å². The van der Waals surface area contributed by atoms with Crippen LogP contribution in [0.3, 0.4) is 0 Å². The number of hydrogen-bond acceptors (Lipinski definition) is 4. The maximum absolute atomic E-state index is 12.3. The van der Waals surface area contributed by atoms with Crippen LogP contribution in [0.2, 0.25) is 5.02 Å². The van der Waals surface area contributed by atoms with E-state index in [-0.39, 0.29) is 11.5 Å². The lowest BCUT2D eigenvalue weighted by molar-refractivity contribution is 0.285. The lowest BCUT2D eigenvalue weighted by Crippen LogP contribution is -2.13. The van der Waals surface area contributed by atoms with Crippen LogP contribution in [-0.2, 0) is 16.6 Å². The van der Waals surface area contributed by atoms with Crippen LogP contribution in [-0.4, -0.2) is 13.5 Å². The number of aliphatic hydroxyl groups is 1. The summed E-state index contributed by atoms with van der Waals surface area (Å²) in [5.41, 5.74) is 0.384. The fraction of sp³-hybridized carbons (Fsp3) is 0.167. The average Bonchev–Trinajstić information content (AvgIpc) is 2.76. The fourth-order valence-electron chi connectivity index (χ4n) is 1.64. The zero-order chi connectivity index (χ0) is 14.9.